The molecule has 1 aromatic carbocycles. The molecule has 1 aliphatic heterocycles. The molecule has 100 valence electrons. The van der Waals surface area contributed by atoms with E-state index in [1.54, 1.807) is 0 Å². The molecule has 3 nitrogen and oxygen atoms in total. The summed E-state index contributed by atoms with van der Waals surface area (Å²) >= 11 is 3.57. The molecule has 0 spiro atoms. The SMILES string of the molecule is CNC(CN1CCNCC1)c1cc(Br)ccc1C. The Morgan fingerprint density at radius 3 is 2.78 bits per heavy atom. The van der Waals surface area contributed by atoms with Crippen LogP contribution in [0.2, 0.25) is 0 Å². The second-order valence-electron chi connectivity index (χ2n) is 4.89. The van der Waals surface area contributed by atoms with Crippen LogP contribution >= 0.6 is 15.9 Å². The van der Waals surface area contributed by atoms with Gasteiger partial charge in [0.05, 0.1) is 0 Å². The molecule has 0 aliphatic carbocycles. The average molecular weight is 312 g/mol. The third kappa shape index (κ3) is 3.54. The fourth-order valence-electron chi connectivity index (χ4n) is 2.48. The van der Waals surface area contributed by atoms with Crippen molar-refractivity contribution >= 4 is 15.9 Å². The van der Waals surface area contributed by atoms with Crippen molar-refractivity contribution in [3.63, 3.8) is 0 Å². The average Bonchev–Trinajstić information content (AvgIpc) is 2.40. The van der Waals surface area contributed by atoms with Crippen LogP contribution in [0.5, 0.6) is 0 Å². The molecule has 1 unspecified atom stereocenters. The first-order chi connectivity index (χ1) is 8.70. The molecule has 18 heavy (non-hydrogen) atoms. The maximum Gasteiger partial charge on any atom is 0.0449 e. The van der Waals surface area contributed by atoms with Crippen LogP contribution in [0, 0.1) is 6.92 Å². The van der Waals surface area contributed by atoms with Gasteiger partial charge in [0, 0.05) is 43.2 Å². The fourth-order valence-corrected chi connectivity index (χ4v) is 2.86. The molecular formula is C14H22BrN3. The number of nitrogens with zero attached hydrogens (tertiary/aromatic N) is 1. The van der Waals surface area contributed by atoms with Crippen LogP contribution in [0.4, 0.5) is 0 Å². The Hall–Kier alpha value is -0.420. The molecule has 0 amide bonds. The van der Waals surface area contributed by atoms with E-state index in [2.05, 4.69) is 56.6 Å². The normalized spacial score (nSPS) is 18.8. The van der Waals surface area contributed by atoms with Crippen molar-refractivity contribution in [3.05, 3.63) is 33.8 Å². The summed E-state index contributed by atoms with van der Waals surface area (Å²) in [5.41, 5.74) is 2.75. The number of hydrogen-bond donors (Lipinski definition) is 2. The van der Waals surface area contributed by atoms with Crippen molar-refractivity contribution in [2.24, 2.45) is 0 Å². The van der Waals surface area contributed by atoms with E-state index in [9.17, 15) is 0 Å². The summed E-state index contributed by atoms with van der Waals surface area (Å²) in [6.07, 6.45) is 0. The second kappa shape index (κ2) is 6.66. The highest BCUT2D eigenvalue weighted by Gasteiger charge is 2.17. The number of hydrogen-bond acceptors (Lipinski definition) is 3. The van der Waals surface area contributed by atoms with Crippen molar-refractivity contribution in [1.82, 2.24) is 15.5 Å². The lowest BCUT2D eigenvalue weighted by Crippen LogP contribution is -2.46. The van der Waals surface area contributed by atoms with Gasteiger partial charge < -0.3 is 10.6 Å². The molecule has 1 saturated heterocycles. The topological polar surface area (TPSA) is 27.3 Å². The number of nitrogens with one attached hydrogen (secondary N) is 2. The maximum absolute atomic E-state index is 3.57. The molecule has 4 heteroatoms. The van der Waals surface area contributed by atoms with Crippen LogP contribution in [-0.2, 0) is 0 Å². The van der Waals surface area contributed by atoms with Gasteiger partial charge in [0.25, 0.3) is 0 Å². The predicted molar refractivity (Wildman–Crippen MR) is 80.0 cm³/mol. The van der Waals surface area contributed by atoms with Gasteiger partial charge >= 0.3 is 0 Å². The van der Waals surface area contributed by atoms with Crippen molar-refractivity contribution in [3.8, 4) is 0 Å². The highest BCUT2D eigenvalue weighted by Crippen LogP contribution is 2.23. The van der Waals surface area contributed by atoms with Gasteiger partial charge in [-0.2, -0.15) is 0 Å². The molecule has 1 aromatic rings. The lowest BCUT2D eigenvalue weighted by molar-refractivity contribution is 0.219. The molecule has 0 saturated carbocycles. The summed E-state index contributed by atoms with van der Waals surface area (Å²) < 4.78 is 1.16. The maximum atomic E-state index is 3.57. The van der Waals surface area contributed by atoms with Crippen LogP contribution in [-0.4, -0.2) is 44.7 Å². The van der Waals surface area contributed by atoms with E-state index in [0.717, 1.165) is 37.2 Å². The Balaban J connectivity index is 2.09. The number of aryl methyl sites for hydroxylation is 1. The van der Waals surface area contributed by atoms with E-state index >= 15 is 0 Å². The van der Waals surface area contributed by atoms with Crippen molar-refractivity contribution in [2.75, 3.05) is 39.8 Å². The third-order valence-corrected chi connectivity index (χ3v) is 4.11. The molecule has 0 aromatic heterocycles. The standard InChI is InChI=1S/C14H22BrN3/c1-11-3-4-12(15)9-13(11)14(16-2)10-18-7-5-17-6-8-18/h3-4,9,14,16-17H,5-8,10H2,1-2H3. The Kier molecular flexibility index (Phi) is 5.18. The quantitative estimate of drug-likeness (QED) is 0.889. The first-order valence-corrected chi connectivity index (χ1v) is 7.36. The smallest absolute Gasteiger partial charge is 0.0449 e. The summed E-state index contributed by atoms with van der Waals surface area (Å²) in [6, 6.07) is 6.93. The highest BCUT2D eigenvalue weighted by molar-refractivity contribution is 9.10. The van der Waals surface area contributed by atoms with Crippen molar-refractivity contribution in [2.45, 2.75) is 13.0 Å². The molecule has 1 heterocycles. The van der Waals surface area contributed by atoms with Gasteiger partial charge in [0.15, 0.2) is 0 Å². The van der Waals surface area contributed by atoms with Crippen LogP contribution < -0.4 is 10.6 Å². The molecular weight excluding hydrogens is 290 g/mol. The van der Waals surface area contributed by atoms with E-state index < -0.39 is 0 Å². The molecule has 1 aliphatic rings. The Labute approximate surface area is 118 Å². The van der Waals surface area contributed by atoms with Gasteiger partial charge in [-0.25, -0.2) is 0 Å². The largest absolute Gasteiger partial charge is 0.314 e. The van der Waals surface area contributed by atoms with Gasteiger partial charge in [0.1, 0.15) is 0 Å². The zero-order chi connectivity index (χ0) is 13.0. The first kappa shape index (κ1) is 14.0. The molecule has 0 radical (unpaired) electrons. The summed E-state index contributed by atoms with van der Waals surface area (Å²) in [5.74, 6) is 0. The lowest BCUT2D eigenvalue weighted by Gasteiger charge is -2.31. The minimum absolute atomic E-state index is 0.403. The van der Waals surface area contributed by atoms with Crippen LogP contribution in [0.15, 0.2) is 22.7 Å². The van der Waals surface area contributed by atoms with Gasteiger partial charge in [-0.3, -0.25) is 4.90 Å². The van der Waals surface area contributed by atoms with E-state index in [4.69, 9.17) is 0 Å². The number of benzene rings is 1. The van der Waals surface area contributed by atoms with Crippen LogP contribution in [0.1, 0.15) is 17.2 Å². The zero-order valence-electron chi connectivity index (χ0n) is 11.2. The number of likely N-dealkylation sites (N-methyl/N-ethyl adjacent to an activating group) is 1. The zero-order valence-corrected chi connectivity index (χ0v) is 12.8. The van der Waals surface area contributed by atoms with Gasteiger partial charge in [-0.05, 0) is 37.2 Å². The van der Waals surface area contributed by atoms with Crippen LogP contribution in [0.25, 0.3) is 0 Å². The van der Waals surface area contributed by atoms with E-state index in [1.807, 2.05) is 7.05 Å². The molecule has 1 fully saturated rings. The molecule has 2 rings (SSSR count). The fraction of sp³-hybridized carbons (Fsp3) is 0.571. The minimum atomic E-state index is 0.403. The number of rotatable bonds is 4. The summed E-state index contributed by atoms with van der Waals surface area (Å²) in [7, 11) is 2.05. The van der Waals surface area contributed by atoms with Crippen molar-refractivity contribution < 1.29 is 0 Å². The van der Waals surface area contributed by atoms with Crippen LogP contribution in [0.3, 0.4) is 0 Å². The highest BCUT2D eigenvalue weighted by atomic mass is 79.9. The van der Waals surface area contributed by atoms with Gasteiger partial charge in [-0.1, -0.05) is 22.0 Å². The monoisotopic (exact) mass is 311 g/mol. The van der Waals surface area contributed by atoms with Gasteiger partial charge in [0.2, 0.25) is 0 Å². The number of halogens is 1. The summed E-state index contributed by atoms with van der Waals surface area (Å²) in [5, 5.41) is 6.85. The first-order valence-electron chi connectivity index (χ1n) is 6.57. The number of piperazine rings is 1. The molecule has 0 bridgehead atoms. The Morgan fingerprint density at radius 1 is 1.39 bits per heavy atom. The van der Waals surface area contributed by atoms with Crippen molar-refractivity contribution in [1.29, 1.82) is 0 Å². The van der Waals surface area contributed by atoms with E-state index in [-0.39, 0.29) is 0 Å². The minimum Gasteiger partial charge on any atom is -0.314 e. The summed E-state index contributed by atoms with van der Waals surface area (Å²) in [6.45, 7) is 7.76. The van der Waals surface area contributed by atoms with Gasteiger partial charge in [-0.15, -0.1) is 0 Å². The lowest BCUT2D eigenvalue weighted by atomic mass is 10.0. The molecule has 2 N–H and O–H groups in total. The molecule has 1 atom stereocenters. The third-order valence-electron chi connectivity index (χ3n) is 3.62. The Bertz CT molecular complexity index is 389. The van der Waals surface area contributed by atoms with E-state index in [0.29, 0.717) is 6.04 Å². The van der Waals surface area contributed by atoms with E-state index in [1.165, 1.54) is 11.1 Å². The Morgan fingerprint density at radius 2 is 2.11 bits per heavy atom. The summed E-state index contributed by atoms with van der Waals surface area (Å²) in [4.78, 5) is 2.53. The second-order valence-corrected chi connectivity index (χ2v) is 5.81. The predicted octanol–water partition coefficient (Wildman–Crippen LogP) is 1.92.